The van der Waals surface area contributed by atoms with Crippen LogP contribution in [-0.2, 0) is 0 Å². The average molecular weight is 247 g/mol. The van der Waals surface area contributed by atoms with Crippen LogP contribution < -0.4 is 4.74 Å². The first-order valence-corrected chi connectivity index (χ1v) is 6.47. The molecule has 3 nitrogen and oxygen atoms in total. The van der Waals surface area contributed by atoms with Crippen LogP contribution in [0.3, 0.4) is 0 Å². The fraction of sp³-hybridized carbons (Fsp3) is 0.533. The van der Waals surface area contributed by atoms with E-state index < -0.39 is 0 Å². The van der Waals surface area contributed by atoms with Gasteiger partial charge in [-0.15, -0.1) is 0 Å². The van der Waals surface area contributed by atoms with Gasteiger partial charge in [-0.2, -0.15) is 0 Å². The molecule has 18 heavy (non-hydrogen) atoms. The summed E-state index contributed by atoms with van der Waals surface area (Å²) in [7, 11) is 0. The number of rotatable bonds is 3. The van der Waals surface area contributed by atoms with E-state index >= 15 is 0 Å². The van der Waals surface area contributed by atoms with E-state index in [1.165, 1.54) is 0 Å². The maximum absolute atomic E-state index is 9.92. The third kappa shape index (κ3) is 3.10. The first-order valence-electron chi connectivity index (χ1n) is 6.47. The first kappa shape index (κ1) is 13.1. The molecule has 0 bridgehead atoms. The van der Waals surface area contributed by atoms with E-state index in [1.807, 2.05) is 25.3 Å². The molecule has 0 spiro atoms. The monoisotopic (exact) mass is 247 g/mol. The zero-order valence-electron chi connectivity index (χ0n) is 11.3. The van der Waals surface area contributed by atoms with Crippen LogP contribution in [-0.4, -0.2) is 22.8 Å². The minimum atomic E-state index is -0.362. The minimum Gasteiger partial charge on any atom is -0.492 e. The lowest BCUT2D eigenvalue weighted by molar-refractivity contribution is 0.146. The van der Waals surface area contributed by atoms with Crippen LogP contribution in [0.4, 0.5) is 0 Å². The van der Waals surface area contributed by atoms with E-state index in [0.29, 0.717) is 6.61 Å². The fourth-order valence-corrected chi connectivity index (χ4v) is 2.54. The van der Waals surface area contributed by atoms with Crippen LogP contribution in [0, 0.1) is 5.41 Å². The lowest BCUT2D eigenvalue weighted by atomic mass is 9.75. The molecule has 0 fully saturated rings. The largest absolute Gasteiger partial charge is 0.492 e. The summed E-state index contributed by atoms with van der Waals surface area (Å²) < 4.78 is 5.46. The van der Waals surface area contributed by atoms with Crippen LogP contribution in [0.15, 0.2) is 24.5 Å². The number of ether oxygens (including phenoxy) is 1. The number of aliphatic hydroxyl groups excluding tert-OH is 1. The molecular weight excluding hydrogens is 226 g/mol. The zero-order chi connectivity index (χ0) is 13.2. The summed E-state index contributed by atoms with van der Waals surface area (Å²) >= 11 is 0. The van der Waals surface area contributed by atoms with Gasteiger partial charge < -0.3 is 9.84 Å². The third-order valence-corrected chi connectivity index (χ3v) is 3.22. The van der Waals surface area contributed by atoms with Crippen molar-refractivity contribution in [1.82, 2.24) is 4.98 Å². The van der Waals surface area contributed by atoms with Crippen molar-refractivity contribution in [3.8, 4) is 5.75 Å². The molecule has 0 saturated carbocycles. The number of allylic oxidation sites excluding steroid dienone is 1. The molecule has 1 aliphatic carbocycles. The van der Waals surface area contributed by atoms with Crippen molar-refractivity contribution in [2.24, 2.45) is 5.41 Å². The van der Waals surface area contributed by atoms with Gasteiger partial charge in [0.05, 0.1) is 18.9 Å². The summed E-state index contributed by atoms with van der Waals surface area (Å²) in [5, 5.41) is 9.92. The van der Waals surface area contributed by atoms with Gasteiger partial charge in [0.15, 0.2) is 0 Å². The molecule has 1 unspecified atom stereocenters. The van der Waals surface area contributed by atoms with Gasteiger partial charge in [-0.25, -0.2) is 0 Å². The second-order valence-electron chi connectivity index (χ2n) is 5.65. The van der Waals surface area contributed by atoms with Crippen molar-refractivity contribution in [3.05, 3.63) is 30.1 Å². The molecule has 1 aliphatic rings. The second kappa shape index (κ2) is 5.11. The smallest absolute Gasteiger partial charge is 0.138 e. The minimum absolute atomic E-state index is 0.130. The van der Waals surface area contributed by atoms with E-state index in [4.69, 9.17) is 4.74 Å². The van der Waals surface area contributed by atoms with Crippen molar-refractivity contribution < 1.29 is 9.84 Å². The molecule has 2 rings (SSSR count). The molecule has 0 saturated heterocycles. The van der Waals surface area contributed by atoms with Gasteiger partial charge in [-0.1, -0.05) is 19.9 Å². The van der Waals surface area contributed by atoms with Crippen LogP contribution in [0.5, 0.6) is 5.75 Å². The van der Waals surface area contributed by atoms with Gasteiger partial charge in [-0.3, -0.25) is 4.98 Å². The van der Waals surface area contributed by atoms with E-state index in [1.54, 1.807) is 6.20 Å². The number of hydrogen-bond acceptors (Lipinski definition) is 3. The summed E-state index contributed by atoms with van der Waals surface area (Å²) in [6.45, 7) is 6.96. The molecule has 0 aliphatic heterocycles. The molecule has 0 amide bonds. The number of aliphatic hydroxyl groups is 1. The Balaban J connectivity index is 2.28. The SMILES string of the molecule is CCOc1cncc(C2=CC(O)CC(C)(C)C2)c1. The molecule has 1 heterocycles. The van der Waals surface area contributed by atoms with E-state index in [0.717, 1.165) is 29.7 Å². The Bertz CT molecular complexity index is 452. The predicted octanol–water partition coefficient (Wildman–Crippen LogP) is 3.04. The topological polar surface area (TPSA) is 42.4 Å². The summed E-state index contributed by atoms with van der Waals surface area (Å²) in [5.41, 5.74) is 2.34. The summed E-state index contributed by atoms with van der Waals surface area (Å²) in [6, 6.07) is 2.00. The van der Waals surface area contributed by atoms with Gasteiger partial charge >= 0.3 is 0 Å². The Morgan fingerprint density at radius 2 is 2.22 bits per heavy atom. The highest BCUT2D eigenvalue weighted by molar-refractivity contribution is 5.67. The molecule has 98 valence electrons. The molecule has 1 aromatic rings. The van der Waals surface area contributed by atoms with E-state index in [-0.39, 0.29) is 11.5 Å². The number of aromatic nitrogens is 1. The molecule has 3 heteroatoms. The first-order chi connectivity index (χ1) is 8.50. The Hall–Kier alpha value is -1.35. The number of hydrogen-bond donors (Lipinski definition) is 1. The van der Waals surface area contributed by atoms with Crippen molar-refractivity contribution in [2.45, 2.75) is 39.7 Å². The maximum atomic E-state index is 9.92. The Labute approximate surface area is 109 Å². The molecule has 1 atom stereocenters. The van der Waals surface area contributed by atoms with Gasteiger partial charge in [0.2, 0.25) is 0 Å². The van der Waals surface area contributed by atoms with Crippen molar-refractivity contribution >= 4 is 5.57 Å². The second-order valence-corrected chi connectivity index (χ2v) is 5.65. The third-order valence-electron chi connectivity index (χ3n) is 3.22. The highest BCUT2D eigenvalue weighted by Crippen LogP contribution is 2.39. The van der Waals surface area contributed by atoms with Crippen molar-refractivity contribution in [2.75, 3.05) is 6.61 Å². The van der Waals surface area contributed by atoms with Crippen LogP contribution >= 0.6 is 0 Å². The van der Waals surface area contributed by atoms with Gasteiger partial charge in [0.25, 0.3) is 0 Å². The van der Waals surface area contributed by atoms with Crippen LogP contribution in [0.25, 0.3) is 5.57 Å². The highest BCUT2D eigenvalue weighted by Gasteiger charge is 2.28. The lowest BCUT2D eigenvalue weighted by Gasteiger charge is -2.32. The summed E-state index contributed by atoms with van der Waals surface area (Å²) in [4.78, 5) is 4.20. The summed E-state index contributed by atoms with van der Waals surface area (Å²) in [6.07, 6.45) is 6.91. The van der Waals surface area contributed by atoms with Crippen molar-refractivity contribution in [1.29, 1.82) is 0 Å². The van der Waals surface area contributed by atoms with Crippen LogP contribution in [0.2, 0.25) is 0 Å². The quantitative estimate of drug-likeness (QED) is 0.892. The Kier molecular flexibility index (Phi) is 3.71. The van der Waals surface area contributed by atoms with Gasteiger partial charge in [0, 0.05) is 6.20 Å². The molecule has 1 aromatic heterocycles. The fourth-order valence-electron chi connectivity index (χ4n) is 2.54. The Morgan fingerprint density at radius 3 is 2.89 bits per heavy atom. The average Bonchev–Trinajstić information content (AvgIpc) is 2.27. The van der Waals surface area contributed by atoms with Gasteiger partial charge in [-0.05, 0) is 42.4 Å². The lowest BCUT2D eigenvalue weighted by Crippen LogP contribution is -2.24. The molecule has 1 N–H and O–H groups in total. The normalized spacial score (nSPS) is 22.4. The number of nitrogens with zero attached hydrogens (tertiary/aromatic N) is 1. The van der Waals surface area contributed by atoms with Gasteiger partial charge in [0.1, 0.15) is 5.75 Å². The predicted molar refractivity (Wildman–Crippen MR) is 72.4 cm³/mol. The Morgan fingerprint density at radius 1 is 1.44 bits per heavy atom. The molecule has 0 aromatic carbocycles. The van der Waals surface area contributed by atoms with E-state index in [9.17, 15) is 5.11 Å². The molecule has 0 radical (unpaired) electrons. The summed E-state index contributed by atoms with van der Waals surface area (Å²) in [5.74, 6) is 0.786. The highest BCUT2D eigenvalue weighted by atomic mass is 16.5. The van der Waals surface area contributed by atoms with E-state index in [2.05, 4.69) is 18.8 Å². The zero-order valence-corrected chi connectivity index (χ0v) is 11.3. The van der Waals surface area contributed by atoms with Crippen LogP contribution in [0.1, 0.15) is 39.2 Å². The van der Waals surface area contributed by atoms with Crippen molar-refractivity contribution in [3.63, 3.8) is 0 Å². The number of pyridine rings is 1. The molecular formula is C15H21NO2. The maximum Gasteiger partial charge on any atom is 0.138 e. The standard InChI is InChI=1S/C15H21NO2/c1-4-18-14-6-12(9-16-10-14)11-5-13(17)8-15(2,3)7-11/h5-6,9-10,13,17H,4,7-8H2,1-3H3.